The lowest BCUT2D eigenvalue weighted by Gasteiger charge is -2.07. The van der Waals surface area contributed by atoms with Crippen LogP contribution in [0.5, 0.6) is 0 Å². The molecule has 4 nitrogen and oxygen atoms in total. The standard InChI is InChI=1S/C13H15Cl2NO3S/c14-11-6-10(7-12(8-11)20(15,18)19)13(17)16-5-1-2-9-3-4-9/h6-9H,1-5H2,(H,16,17). The molecule has 1 saturated carbocycles. The SMILES string of the molecule is O=C(NCCCC1CC1)c1cc(Cl)cc(S(=O)(=O)Cl)c1. The molecule has 0 bridgehead atoms. The Kier molecular flexibility index (Phi) is 4.94. The van der Waals surface area contributed by atoms with E-state index >= 15 is 0 Å². The number of carbonyl (C=O) groups is 1. The van der Waals surface area contributed by atoms with Gasteiger partial charge in [0.15, 0.2) is 0 Å². The second kappa shape index (κ2) is 6.33. The van der Waals surface area contributed by atoms with Gasteiger partial charge in [-0.3, -0.25) is 4.79 Å². The van der Waals surface area contributed by atoms with Crippen molar-refractivity contribution < 1.29 is 13.2 Å². The molecule has 1 aliphatic rings. The summed E-state index contributed by atoms with van der Waals surface area (Å²) in [6.45, 7) is 0.574. The highest BCUT2D eigenvalue weighted by molar-refractivity contribution is 8.13. The third kappa shape index (κ3) is 4.65. The predicted molar refractivity (Wildman–Crippen MR) is 78.8 cm³/mol. The van der Waals surface area contributed by atoms with Crippen LogP contribution < -0.4 is 5.32 Å². The third-order valence-corrected chi connectivity index (χ3v) is 4.74. The minimum Gasteiger partial charge on any atom is -0.352 e. The molecule has 0 spiro atoms. The highest BCUT2D eigenvalue weighted by atomic mass is 35.7. The largest absolute Gasteiger partial charge is 0.352 e. The second-order valence-electron chi connectivity index (χ2n) is 4.95. The average molecular weight is 336 g/mol. The molecule has 0 unspecified atom stereocenters. The van der Waals surface area contributed by atoms with Crippen LogP contribution in [0.15, 0.2) is 23.1 Å². The molecule has 0 saturated heterocycles. The van der Waals surface area contributed by atoms with E-state index in [0.29, 0.717) is 6.54 Å². The zero-order chi connectivity index (χ0) is 14.8. The maximum Gasteiger partial charge on any atom is 0.261 e. The summed E-state index contributed by atoms with van der Waals surface area (Å²) < 4.78 is 22.6. The lowest BCUT2D eigenvalue weighted by molar-refractivity contribution is 0.0952. The summed E-state index contributed by atoms with van der Waals surface area (Å²) >= 11 is 5.81. The molecule has 1 aliphatic carbocycles. The van der Waals surface area contributed by atoms with Crippen molar-refractivity contribution in [3.05, 3.63) is 28.8 Å². The summed E-state index contributed by atoms with van der Waals surface area (Å²) in [5, 5.41) is 2.91. The fraction of sp³-hybridized carbons (Fsp3) is 0.462. The van der Waals surface area contributed by atoms with Crippen LogP contribution in [0, 0.1) is 5.92 Å². The van der Waals surface area contributed by atoms with Crippen LogP contribution >= 0.6 is 22.3 Å². The van der Waals surface area contributed by atoms with Crippen molar-refractivity contribution in [3.8, 4) is 0 Å². The molecule has 20 heavy (non-hydrogen) atoms. The smallest absolute Gasteiger partial charge is 0.261 e. The zero-order valence-corrected chi connectivity index (χ0v) is 13.1. The Labute approximate surface area is 127 Å². The number of amides is 1. The summed E-state index contributed by atoms with van der Waals surface area (Å²) in [5.74, 6) is 0.482. The number of nitrogens with one attached hydrogen (secondary N) is 1. The van der Waals surface area contributed by atoms with Crippen molar-refractivity contribution in [2.24, 2.45) is 5.92 Å². The second-order valence-corrected chi connectivity index (χ2v) is 7.96. The van der Waals surface area contributed by atoms with E-state index in [-0.39, 0.29) is 21.4 Å². The van der Waals surface area contributed by atoms with Crippen LogP contribution in [0.25, 0.3) is 0 Å². The van der Waals surface area contributed by atoms with Gasteiger partial charge in [0.1, 0.15) is 0 Å². The van der Waals surface area contributed by atoms with E-state index in [1.165, 1.54) is 31.0 Å². The van der Waals surface area contributed by atoms with Crippen molar-refractivity contribution in [3.63, 3.8) is 0 Å². The van der Waals surface area contributed by atoms with Gasteiger partial charge < -0.3 is 5.32 Å². The van der Waals surface area contributed by atoms with Gasteiger partial charge in [0, 0.05) is 27.8 Å². The van der Waals surface area contributed by atoms with Gasteiger partial charge in [0.2, 0.25) is 0 Å². The summed E-state index contributed by atoms with van der Waals surface area (Å²) in [6.07, 6.45) is 4.63. The van der Waals surface area contributed by atoms with E-state index in [0.717, 1.165) is 18.8 Å². The van der Waals surface area contributed by atoms with Gasteiger partial charge >= 0.3 is 0 Å². The van der Waals surface area contributed by atoms with E-state index in [2.05, 4.69) is 5.32 Å². The predicted octanol–water partition coefficient (Wildman–Crippen LogP) is 3.19. The van der Waals surface area contributed by atoms with Gasteiger partial charge in [-0.15, -0.1) is 0 Å². The monoisotopic (exact) mass is 335 g/mol. The molecule has 7 heteroatoms. The highest BCUT2D eigenvalue weighted by Crippen LogP contribution is 2.33. The molecule has 0 atom stereocenters. The number of carbonyl (C=O) groups excluding carboxylic acids is 1. The minimum atomic E-state index is -3.90. The number of benzene rings is 1. The van der Waals surface area contributed by atoms with Crippen molar-refractivity contribution >= 4 is 37.2 Å². The maximum absolute atomic E-state index is 11.9. The molecule has 2 rings (SSSR count). The topological polar surface area (TPSA) is 63.2 Å². The Morgan fingerprint density at radius 1 is 1.30 bits per heavy atom. The normalized spacial score (nSPS) is 15.1. The van der Waals surface area contributed by atoms with E-state index in [1.807, 2.05) is 0 Å². The number of hydrogen-bond acceptors (Lipinski definition) is 3. The number of hydrogen-bond donors (Lipinski definition) is 1. The minimum absolute atomic E-state index is 0.162. The van der Waals surface area contributed by atoms with E-state index < -0.39 is 9.05 Å². The first-order chi connectivity index (χ1) is 9.36. The molecule has 1 fully saturated rings. The molecule has 0 radical (unpaired) electrons. The van der Waals surface area contributed by atoms with E-state index in [4.69, 9.17) is 22.3 Å². The van der Waals surface area contributed by atoms with Gasteiger partial charge in [-0.05, 0) is 37.0 Å². The maximum atomic E-state index is 11.9. The van der Waals surface area contributed by atoms with Crippen LogP contribution in [0.2, 0.25) is 5.02 Å². The zero-order valence-electron chi connectivity index (χ0n) is 10.7. The Morgan fingerprint density at radius 3 is 2.60 bits per heavy atom. The van der Waals surface area contributed by atoms with Crippen molar-refractivity contribution in [1.29, 1.82) is 0 Å². The van der Waals surface area contributed by atoms with Gasteiger partial charge in [-0.1, -0.05) is 24.4 Å². The van der Waals surface area contributed by atoms with Gasteiger partial charge in [0.05, 0.1) is 4.90 Å². The molecule has 110 valence electrons. The molecular formula is C13H15Cl2NO3S. The first-order valence-corrected chi connectivity index (χ1v) is 9.08. The lowest BCUT2D eigenvalue weighted by Crippen LogP contribution is -2.24. The Hall–Kier alpha value is -0.780. The Morgan fingerprint density at radius 2 is 2.00 bits per heavy atom. The third-order valence-electron chi connectivity index (χ3n) is 3.19. The molecular weight excluding hydrogens is 321 g/mol. The van der Waals surface area contributed by atoms with Crippen LogP contribution in [0.1, 0.15) is 36.0 Å². The molecule has 0 heterocycles. The molecule has 1 aromatic carbocycles. The quantitative estimate of drug-likeness (QED) is 0.641. The lowest BCUT2D eigenvalue weighted by atomic mass is 10.2. The van der Waals surface area contributed by atoms with Crippen molar-refractivity contribution in [1.82, 2.24) is 5.32 Å². The molecule has 0 aromatic heterocycles. The highest BCUT2D eigenvalue weighted by Gasteiger charge is 2.20. The molecule has 0 aliphatic heterocycles. The van der Waals surface area contributed by atoms with Gasteiger partial charge in [0.25, 0.3) is 15.0 Å². The number of halogens is 2. The Balaban J connectivity index is 1.99. The van der Waals surface area contributed by atoms with Crippen LogP contribution in [-0.4, -0.2) is 20.9 Å². The molecule has 1 N–H and O–H groups in total. The fourth-order valence-corrected chi connectivity index (χ4v) is 3.04. The average Bonchev–Trinajstić information content (AvgIpc) is 3.16. The number of rotatable bonds is 6. The van der Waals surface area contributed by atoms with Gasteiger partial charge in [-0.25, -0.2) is 8.42 Å². The Bertz CT molecular complexity index is 612. The molecule has 1 aromatic rings. The van der Waals surface area contributed by atoms with E-state index in [1.54, 1.807) is 0 Å². The van der Waals surface area contributed by atoms with Crippen molar-refractivity contribution in [2.45, 2.75) is 30.6 Å². The van der Waals surface area contributed by atoms with Crippen LogP contribution in [-0.2, 0) is 9.05 Å². The van der Waals surface area contributed by atoms with E-state index in [9.17, 15) is 13.2 Å². The molecule has 1 amide bonds. The summed E-state index contributed by atoms with van der Waals surface area (Å²) in [4.78, 5) is 11.8. The van der Waals surface area contributed by atoms with Gasteiger partial charge in [-0.2, -0.15) is 0 Å². The first kappa shape index (κ1) is 15.6. The summed E-state index contributed by atoms with van der Waals surface area (Å²) in [5.41, 5.74) is 0.197. The van der Waals surface area contributed by atoms with Crippen LogP contribution in [0.4, 0.5) is 0 Å². The summed E-state index contributed by atoms with van der Waals surface area (Å²) in [7, 11) is 1.36. The van der Waals surface area contributed by atoms with Crippen LogP contribution in [0.3, 0.4) is 0 Å². The fourth-order valence-electron chi connectivity index (χ4n) is 1.94. The van der Waals surface area contributed by atoms with Crippen molar-refractivity contribution in [2.75, 3.05) is 6.54 Å². The first-order valence-electron chi connectivity index (χ1n) is 6.40. The summed E-state index contributed by atoms with van der Waals surface area (Å²) in [6, 6.07) is 3.86.